The third-order valence-corrected chi connectivity index (χ3v) is 3.43. The summed E-state index contributed by atoms with van der Waals surface area (Å²) in [4.78, 5) is 2.47. The van der Waals surface area contributed by atoms with E-state index >= 15 is 0 Å². The molecule has 0 aliphatic carbocycles. The first-order chi connectivity index (χ1) is 8.81. The van der Waals surface area contributed by atoms with Gasteiger partial charge in [-0.2, -0.15) is 0 Å². The van der Waals surface area contributed by atoms with Crippen LogP contribution in [0.15, 0.2) is 18.2 Å². The van der Waals surface area contributed by atoms with Crippen LogP contribution in [0.25, 0.3) is 0 Å². The van der Waals surface area contributed by atoms with Crippen molar-refractivity contribution in [3.63, 3.8) is 0 Å². The molecule has 0 bridgehead atoms. The fraction of sp³-hybridized carbons (Fsp3) is 0.571. The van der Waals surface area contributed by atoms with Crippen LogP contribution in [0.2, 0.25) is 0 Å². The molecule has 1 saturated heterocycles. The molecule has 1 aliphatic rings. The van der Waals surface area contributed by atoms with Crippen LogP contribution in [0.5, 0.6) is 11.5 Å². The number of rotatable bonds is 5. The van der Waals surface area contributed by atoms with Gasteiger partial charge >= 0.3 is 0 Å². The number of aromatic hydroxyl groups is 1. The zero-order valence-corrected chi connectivity index (χ0v) is 11.0. The van der Waals surface area contributed by atoms with Crippen LogP contribution in [0.3, 0.4) is 0 Å². The number of ether oxygens (including phenoxy) is 1. The van der Waals surface area contributed by atoms with E-state index in [-0.39, 0.29) is 0 Å². The minimum Gasteiger partial charge on any atom is -0.504 e. The summed E-state index contributed by atoms with van der Waals surface area (Å²) >= 11 is 0. The average Bonchev–Trinajstić information content (AvgIpc) is 2.42. The van der Waals surface area contributed by atoms with Crippen molar-refractivity contribution in [2.45, 2.75) is 12.8 Å². The number of aryl methyl sites for hydroxylation is 1. The van der Waals surface area contributed by atoms with Gasteiger partial charge in [0.1, 0.15) is 0 Å². The lowest BCUT2D eigenvalue weighted by Crippen LogP contribution is -2.43. The van der Waals surface area contributed by atoms with Gasteiger partial charge in [0.15, 0.2) is 11.5 Å². The number of para-hydroxylation sites is 1. The van der Waals surface area contributed by atoms with Gasteiger partial charge in [0.25, 0.3) is 0 Å². The molecule has 0 spiro atoms. The summed E-state index contributed by atoms with van der Waals surface area (Å²) < 4.78 is 5.11. The van der Waals surface area contributed by atoms with E-state index in [1.807, 2.05) is 12.1 Å². The average molecular weight is 250 g/mol. The van der Waals surface area contributed by atoms with E-state index in [9.17, 15) is 5.11 Å². The van der Waals surface area contributed by atoms with E-state index in [0.717, 1.165) is 51.1 Å². The van der Waals surface area contributed by atoms with Crippen LogP contribution < -0.4 is 10.1 Å². The SMILES string of the molecule is COc1cccc(CCCN2CCNCC2)c1O. The van der Waals surface area contributed by atoms with Gasteiger partial charge in [-0.1, -0.05) is 12.1 Å². The van der Waals surface area contributed by atoms with Gasteiger partial charge < -0.3 is 20.1 Å². The molecule has 18 heavy (non-hydrogen) atoms. The Kier molecular flexibility index (Phi) is 4.84. The van der Waals surface area contributed by atoms with Crippen LogP contribution >= 0.6 is 0 Å². The van der Waals surface area contributed by atoms with Crippen LogP contribution in [0.4, 0.5) is 0 Å². The van der Waals surface area contributed by atoms with Crippen LogP contribution in [0.1, 0.15) is 12.0 Å². The fourth-order valence-electron chi connectivity index (χ4n) is 2.36. The predicted molar refractivity (Wildman–Crippen MR) is 72.3 cm³/mol. The molecule has 0 radical (unpaired) electrons. The molecule has 0 amide bonds. The quantitative estimate of drug-likeness (QED) is 0.825. The number of nitrogens with one attached hydrogen (secondary N) is 1. The summed E-state index contributed by atoms with van der Waals surface area (Å²) in [6, 6.07) is 5.68. The van der Waals surface area contributed by atoms with E-state index in [1.165, 1.54) is 0 Å². The molecule has 0 saturated carbocycles. The van der Waals surface area contributed by atoms with Gasteiger partial charge in [0.05, 0.1) is 7.11 Å². The van der Waals surface area contributed by atoms with Gasteiger partial charge in [-0.3, -0.25) is 0 Å². The van der Waals surface area contributed by atoms with Crippen molar-refractivity contribution in [1.29, 1.82) is 0 Å². The molecule has 4 heteroatoms. The lowest BCUT2D eigenvalue weighted by molar-refractivity contribution is 0.238. The summed E-state index contributed by atoms with van der Waals surface area (Å²) in [6.07, 6.45) is 1.97. The maximum atomic E-state index is 9.98. The summed E-state index contributed by atoms with van der Waals surface area (Å²) in [6.45, 7) is 5.53. The predicted octanol–water partition coefficient (Wildman–Crippen LogP) is 1.24. The Bertz CT molecular complexity index is 376. The van der Waals surface area contributed by atoms with Crippen molar-refractivity contribution in [1.82, 2.24) is 10.2 Å². The van der Waals surface area contributed by atoms with Crippen molar-refractivity contribution < 1.29 is 9.84 Å². The highest BCUT2D eigenvalue weighted by Crippen LogP contribution is 2.30. The molecule has 100 valence electrons. The molecule has 0 atom stereocenters. The highest BCUT2D eigenvalue weighted by atomic mass is 16.5. The van der Waals surface area contributed by atoms with E-state index in [2.05, 4.69) is 10.2 Å². The third kappa shape index (κ3) is 3.37. The maximum absolute atomic E-state index is 9.98. The number of hydrogen-bond donors (Lipinski definition) is 2. The highest BCUT2D eigenvalue weighted by molar-refractivity contribution is 5.45. The van der Waals surface area contributed by atoms with Gasteiger partial charge in [0, 0.05) is 26.2 Å². The Morgan fingerprint density at radius 3 is 2.83 bits per heavy atom. The minimum absolute atomic E-state index is 0.292. The molecule has 0 unspecified atom stereocenters. The summed E-state index contributed by atoms with van der Waals surface area (Å²) in [5.41, 5.74) is 0.976. The number of piperazine rings is 1. The molecular formula is C14H22N2O2. The normalized spacial score (nSPS) is 16.7. The zero-order valence-electron chi connectivity index (χ0n) is 11.0. The monoisotopic (exact) mass is 250 g/mol. The molecule has 1 aliphatic heterocycles. The van der Waals surface area contributed by atoms with E-state index < -0.39 is 0 Å². The van der Waals surface area contributed by atoms with E-state index in [4.69, 9.17) is 4.74 Å². The second-order valence-corrected chi connectivity index (χ2v) is 4.66. The Balaban J connectivity index is 1.82. The molecule has 4 nitrogen and oxygen atoms in total. The molecule has 2 N–H and O–H groups in total. The number of phenols is 1. The molecular weight excluding hydrogens is 228 g/mol. The van der Waals surface area contributed by atoms with Crippen molar-refractivity contribution in [2.24, 2.45) is 0 Å². The van der Waals surface area contributed by atoms with Crippen molar-refractivity contribution >= 4 is 0 Å². The summed E-state index contributed by atoms with van der Waals surface area (Å²) in [7, 11) is 1.58. The molecule has 1 fully saturated rings. The number of methoxy groups -OCH3 is 1. The van der Waals surface area contributed by atoms with Crippen LogP contribution in [-0.2, 0) is 6.42 Å². The minimum atomic E-state index is 0.292. The molecule has 2 rings (SSSR count). The number of benzene rings is 1. The van der Waals surface area contributed by atoms with Gasteiger partial charge in [0.2, 0.25) is 0 Å². The lowest BCUT2D eigenvalue weighted by Gasteiger charge is -2.27. The number of phenolic OH excluding ortho intramolecular Hbond substituents is 1. The zero-order chi connectivity index (χ0) is 12.8. The Hall–Kier alpha value is -1.26. The van der Waals surface area contributed by atoms with Gasteiger partial charge in [-0.15, -0.1) is 0 Å². The van der Waals surface area contributed by atoms with Gasteiger partial charge in [-0.25, -0.2) is 0 Å². The standard InChI is InChI=1S/C14H22N2O2/c1-18-13-6-2-4-12(14(13)17)5-3-9-16-10-7-15-8-11-16/h2,4,6,15,17H,3,5,7-11H2,1H3. The van der Waals surface area contributed by atoms with Crippen LogP contribution in [0, 0.1) is 0 Å². The Labute approximate surface area is 109 Å². The van der Waals surface area contributed by atoms with E-state index in [1.54, 1.807) is 13.2 Å². The van der Waals surface area contributed by atoms with Crippen LogP contribution in [-0.4, -0.2) is 49.8 Å². The fourth-order valence-corrected chi connectivity index (χ4v) is 2.36. The van der Waals surface area contributed by atoms with Gasteiger partial charge in [-0.05, 0) is 31.0 Å². The first-order valence-corrected chi connectivity index (χ1v) is 6.59. The molecule has 1 heterocycles. The van der Waals surface area contributed by atoms with Crippen molar-refractivity contribution in [2.75, 3.05) is 39.8 Å². The highest BCUT2D eigenvalue weighted by Gasteiger charge is 2.10. The largest absolute Gasteiger partial charge is 0.504 e. The Morgan fingerprint density at radius 1 is 1.33 bits per heavy atom. The van der Waals surface area contributed by atoms with Crippen molar-refractivity contribution in [3.05, 3.63) is 23.8 Å². The van der Waals surface area contributed by atoms with Crippen molar-refractivity contribution in [3.8, 4) is 11.5 Å². The molecule has 1 aromatic carbocycles. The number of hydrogen-bond acceptors (Lipinski definition) is 4. The summed E-state index contributed by atoms with van der Waals surface area (Å²) in [5.74, 6) is 0.856. The Morgan fingerprint density at radius 2 is 2.11 bits per heavy atom. The van der Waals surface area contributed by atoms with E-state index in [0.29, 0.717) is 11.5 Å². The second-order valence-electron chi connectivity index (χ2n) is 4.66. The maximum Gasteiger partial charge on any atom is 0.160 e. The lowest BCUT2D eigenvalue weighted by atomic mass is 10.1. The summed E-state index contributed by atoms with van der Waals surface area (Å²) in [5, 5.41) is 13.3. The first kappa shape index (κ1) is 13.2. The first-order valence-electron chi connectivity index (χ1n) is 6.59. The molecule has 1 aromatic rings. The third-order valence-electron chi connectivity index (χ3n) is 3.43. The smallest absolute Gasteiger partial charge is 0.160 e. The number of nitrogens with zero attached hydrogens (tertiary/aromatic N) is 1. The second kappa shape index (κ2) is 6.61. The topological polar surface area (TPSA) is 44.7 Å². The molecule has 0 aromatic heterocycles.